The Morgan fingerprint density at radius 3 is 2.42 bits per heavy atom. The molecule has 0 unspecified atom stereocenters. The van der Waals surface area contributed by atoms with Gasteiger partial charge in [0.15, 0.2) is 17.4 Å². The minimum atomic E-state index is -0.783. The molecule has 0 atom stereocenters. The number of aryl methyl sites for hydroxylation is 1. The number of hydrogen-bond donors (Lipinski definition) is 0. The molecule has 1 aromatic carbocycles. The standard InChI is InChI=1S/C19H14ClF2N3O/c1-11-17(5-4-13-6-7-23-18(20)8-13)24-12(2)25(11)14-9-15(21)19(26-3)16(22)10-14/h6-10H,1-3H3. The highest BCUT2D eigenvalue weighted by molar-refractivity contribution is 6.29. The molecular formula is C19H14ClF2N3O. The summed E-state index contributed by atoms with van der Waals surface area (Å²) in [6, 6.07) is 5.77. The Kier molecular flexibility index (Phi) is 4.92. The molecule has 0 bridgehead atoms. The molecule has 0 N–H and O–H groups in total. The zero-order valence-electron chi connectivity index (χ0n) is 14.3. The van der Waals surface area contributed by atoms with Gasteiger partial charge in [0.25, 0.3) is 0 Å². The minimum Gasteiger partial charge on any atom is -0.491 e. The number of pyridine rings is 1. The Morgan fingerprint density at radius 2 is 1.81 bits per heavy atom. The van der Waals surface area contributed by atoms with Gasteiger partial charge in [-0.2, -0.15) is 0 Å². The number of rotatable bonds is 2. The quantitative estimate of drug-likeness (QED) is 0.498. The topological polar surface area (TPSA) is 39.9 Å². The van der Waals surface area contributed by atoms with Crippen LogP contribution in [0.2, 0.25) is 5.15 Å². The minimum absolute atomic E-state index is 0.309. The Bertz CT molecular complexity index is 1030. The van der Waals surface area contributed by atoms with Gasteiger partial charge in [-0.25, -0.2) is 18.7 Å². The predicted octanol–water partition coefficient (Wildman–Crippen LogP) is 4.22. The van der Waals surface area contributed by atoms with Crippen LogP contribution in [-0.2, 0) is 0 Å². The van der Waals surface area contributed by atoms with Crippen LogP contribution < -0.4 is 4.74 Å². The summed E-state index contributed by atoms with van der Waals surface area (Å²) in [5.41, 5.74) is 2.17. The van der Waals surface area contributed by atoms with Crippen molar-refractivity contribution in [2.24, 2.45) is 0 Å². The maximum atomic E-state index is 14.0. The molecule has 132 valence electrons. The molecule has 0 saturated carbocycles. The lowest BCUT2D eigenvalue weighted by atomic mass is 10.2. The fraction of sp³-hybridized carbons (Fsp3) is 0.158. The van der Waals surface area contributed by atoms with E-state index in [1.807, 2.05) is 0 Å². The van der Waals surface area contributed by atoms with E-state index in [0.717, 1.165) is 0 Å². The first kappa shape index (κ1) is 17.9. The van der Waals surface area contributed by atoms with Gasteiger partial charge in [0.05, 0.1) is 18.5 Å². The summed E-state index contributed by atoms with van der Waals surface area (Å²) in [6.07, 6.45) is 1.56. The molecule has 26 heavy (non-hydrogen) atoms. The average molecular weight is 374 g/mol. The molecule has 0 fully saturated rings. The normalized spacial score (nSPS) is 10.4. The number of aromatic nitrogens is 3. The molecule has 0 aliphatic carbocycles. The number of methoxy groups -OCH3 is 1. The van der Waals surface area contributed by atoms with Gasteiger partial charge in [0.2, 0.25) is 0 Å². The summed E-state index contributed by atoms with van der Waals surface area (Å²) in [5, 5.41) is 0.347. The van der Waals surface area contributed by atoms with Crippen LogP contribution >= 0.6 is 11.6 Å². The lowest BCUT2D eigenvalue weighted by molar-refractivity contribution is 0.359. The van der Waals surface area contributed by atoms with Crippen molar-refractivity contribution in [2.45, 2.75) is 13.8 Å². The SMILES string of the molecule is COc1c(F)cc(-n2c(C)nc(C#Cc3ccnc(Cl)c3)c2C)cc1F. The van der Waals surface area contributed by atoms with Crippen molar-refractivity contribution < 1.29 is 13.5 Å². The first-order valence-electron chi connectivity index (χ1n) is 7.63. The van der Waals surface area contributed by atoms with Crippen molar-refractivity contribution in [1.29, 1.82) is 0 Å². The van der Waals surface area contributed by atoms with Gasteiger partial charge in [-0.05, 0) is 31.9 Å². The average Bonchev–Trinajstić information content (AvgIpc) is 2.86. The van der Waals surface area contributed by atoms with Crippen LogP contribution in [0, 0.1) is 37.3 Å². The summed E-state index contributed by atoms with van der Waals surface area (Å²) >= 11 is 5.84. The molecule has 0 saturated heterocycles. The third-order valence-electron chi connectivity index (χ3n) is 3.77. The first-order valence-corrected chi connectivity index (χ1v) is 8.01. The highest BCUT2D eigenvalue weighted by Crippen LogP contribution is 2.26. The van der Waals surface area contributed by atoms with Gasteiger partial charge < -0.3 is 4.74 Å². The molecule has 0 amide bonds. The molecule has 0 aliphatic rings. The first-order chi connectivity index (χ1) is 12.4. The summed E-state index contributed by atoms with van der Waals surface area (Å²) in [6.45, 7) is 3.52. The maximum Gasteiger partial charge on any atom is 0.190 e. The molecule has 2 heterocycles. The highest BCUT2D eigenvalue weighted by atomic mass is 35.5. The van der Waals surface area contributed by atoms with Gasteiger partial charge in [0, 0.05) is 23.9 Å². The summed E-state index contributed by atoms with van der Waals surface area (Å²) in [5.74, 6) is 4.49. The lowest BCUT2D eigenvalue weighted by Crippen LogP contribution is -2.03. The zero-order chi connectivity index (χ0) is 18.8. The monoisotopic (exact) mass is 373 g/mol. The van der Waals surface area contributed by atoms with Gasteiger partial charge in [0.1, 0.15) is 16.7 Å². The van der Waals surface area contributed by atoms with Gasteiger partial charge >= 0.3 is 0 Å². The van der Waals surface area contributed by atoms with Crippen LogP contribution in [0.25, 0.3) is 5.69 Å². The van der Waals surface area contributed by atoms with Crippen LogP contribution in [0.5, 0.6) is 5.75 Å². The van der Waals surface area contributed by atoms with E-state index >= 15 is 0 Å². The Hall–Kier alpha value is -2.91. The second-order valence-electron chi connectivity index (χ2n) is 5.49. The zero-order valence-corrected chi connectivity index (χ0v) is 15.0. The van der Waals surface area contributed by atoms with Crippen LogP contribution in [0.15, 0.2) is 30.5 Å². The molecule has 0 radical (unpaired) electrons. The number of ether oxygens (including phenoxy) is 1. The third kappa shape index (κ3) is 3.39. The van der Waals surface area contributed by atoms with Crippen molar-refractivity contribution in [3.63, 3.8) is 0 Å². The maximum absolute atomic E-state index is 14.0. The van der Waals surface area contributed by atoms with Crippen molar-refractivity contribution in [3.05, 3.63) is 70.0 Å². The van der Waals surface area contributed by atoms with Crippen LogP contribution in [0.3, 0.4) is 0 Å². The van der Waals surface area contributed by atoms with Gasteiger partial charge in [-0.15, -0.1) is 0 Å². The van der Waals surface area contributed by atoms with Crippen molar-refractivity contribution >= 4 is 11.6 Å². The number of halogens is 3. The summed E-state index contributed by atoms with van der Waals surface area (Å²) in [7, 11) is 1.22. The van der Waals surface area contributed by atoms with Crippen LogP contribution in [0.1, 0.15) is 22.8 Å². The largest absolute Gasteiger partial charge is 0.491 e. The van der Waals surface area contributed by atoms with E-state index in [2.05, 4.69) is 21.8 Å². The van der Waals surface area contributed by atoms with E-state index in [4.69, 9.17) is 16.3 Å². The molecule has 7 heteroatoms. The molecule has 0 spiro atoms. The van der Waals surface area contributed by atoms with Gasteiger partial charge in [-0.1, -0.05) is 17.5 Å². The molecule has 3 rings (SSSR count). The summed E-state index contributed by atoms with van der Waals surface area (Å²) in [4.78, 5) is 8.29. The third-order valence-corrected chi connectivity index (χ3v) is 3.98. The van der Waals surface area contributed by atoms with Crippen molar-refractivity contribution in [2.75, 3.05) is 7.11 Å². The Morgan fingerprint density at radius 1 is 1.12 bits per heavy atom. The predicted molar refractivity (Wildman–Crippen MR) is 94.7 cm³/mol. The van der Waals surface area contributed by atoms with E-state index < -0.39 is 17.4 Å². The fourth-order valence-electron chi connectivity index (χ4n) is 2.62. The van der Waals surface area contributed by atoms with Crippen LogP contribution in [0.4, 0.5) is 8.78 Å². The van der Waals surface area contributed by atoms with Crippen LogP contribution in [-0.4, -0.2) is 21.6 Å². The van der Waals surface area contributed by atoms with Gasteiger partial charge in [-0.3, -0.25) is 4.57 Å². The van der Waals surface area contributed by atoms with E-state index in [9.17, 15) is 8.78 Å². The molecular weight excluding hydrogens is 360 g/mol. The second-order valence-corrected chi connectivity index (χ2v) is 5.88. The number of benzene rings is 1. The number of hydrogen-bond acceptors (Lipinski definition) is 3. The number of imidazole rings is 1. The van der Waals surface area contributed by atoms with E-state index in [-0.39, 0.29) is 0 Å². The molecule has 2 aromatic heterocycles. The van der Waals surface area contributed by atoms with Crippen molar-refractivity contribution in [1.82, 2.24) is 14.5 Å². The van der Waals surface area contributed by atoms with Crippen molar-refractivity contribution in [3.8, 4) is 23.3 Å². The number of nitrogens with zero attached hydrogens (tertiary/aromatic N) is 3. The highest BCUT2D eigenvalue weighted by Gasteiger charge is 2.16. The Balaban J connectivity index is 2.05. The van der Waals surface area contributed by atoms with E-state index in [0.29, 0.717) is 33.6 Å². The van der Waals surface area contributed by atoms with E-state index in [1.54, 1.807) is 36.7 Å². The lowest BCUT2D eigenvalue weighted by Gasteiger charge is -2.10. The molecule has 4 nitrogen and oxygen atoms in total. The fourth-order valence-corrected chi connectivity index (χ4v) is 2.80. The molecule has 3 aromatic rings. The smallest absolute Gasteiger partial charge is 0.190 e. The summed E-state index contributed by atoms with van der Waals surface area (Å²) < 4.78 is 34.4. The second kappa shape index (κ2) is 7.14. The Labute approximate surface area is 154 Å². The van der Waals surface area contributed by atoms with E-state index in [1.165, 1.54) is 19.2 Å². The molecule has 0 aliphatic heterocycles.